The second-order valence-corrected chi connectivity index (χ2v) is 11.3. The summed E-state index contributed by atoms with van der Waals surface area (Å²) >= 11 is 0. The molecule has 0 aromatic carbocycles. The predicted molar refractivity (Wildman–Crippen MR) is 158 cm³/mol. The molecule has 2 atom stereocenters. The number of aliphatic hydroxyl groups excluding tert-OH is 2. The lowest BCUT2D eigenvalue weighted by atomic mass is 10.00. The molecule has 3 nitrogen and oxygen atoms in total. The van der Waals surface area contributed by atoms with Gasteiger partial charge >= 0.3 is 0 Å². The molecule has 0 saturated heterocycles. The summed E-state index contributed by atoms with van der Waals surface area (Å²) in [7, 11) is 0. The Labute approximate surface area is 225 Å². The maximum absolute atomic E-state index is 11.5. The molecule has 0 heterocycles. The van der Waals surface area contributed by atoms with Crippen LogP contribution in [0, 0.1) is 0 Å². The number of hydrogen-bond donors (Lipinski definition) is 2. The minimum Gasteiger partial charge on any atom is -0.393 e. The van der Waals surface area contributed by atoms with Crippen LogP contribution in [0.2, 0.25) is 0 Å². The van der Waals surface area contributed by atoms with Crippen molar-refractivity contribution in [1.82, 2.24) is 0 Å². The average Bonchev–Trinajstić information content (AvgIpc) is 2.87. The van der Waals surface area contributed by atoms with E-state index in [1.54, 1.807) is 0 Å². The summed E-state index contributed by atoms with van der Waals surface area (Å²) in [5.41, 5.74) is 0.830. The van der Waals surface area contributed by atoms with E-state index in [-0.39, 0.29) is 11.9 Å². The molecule has 0 aliphatic carbocycles. The van der Waals surface area contributed by atoms with Crippen LogP contribution in [0.5, 0.6) is 0 Å². The Morgan fingerprint density at radius 3 is 1.33 bits per heavy atom. The van der Waals surface area contributed by atoms with E-state index in [4.69, 9.17) is 0 Å². The van der Waals surface area contributed by atoms with Gasteiger partial charge in [-0.1, -0.05) is 142 Å². The van der Waals surface area contributed by atoms with Crippen molar-refractivity contribution in [2.75, 3.05) is 0 Å². The molecule has 214 valence electrons. The molecule has 0 fully saturated rings. The Bertz CT molecular complexity index is 499. The first-order chi connectivity index (χ1) is 17.5. The molecule has 0 aromatic heterocycles. The lowest BCUT2D eigenvalue weighted by molar-refractivity contribution is -0.115. The minimum absolute atomic E-state index is 0.200. The number of carbonyl (C=O) groups is 1. The van der Waals surface area contributed by atoms with Crippen molar-refractivity contribution in [2.24, 2.45) is 0 Å². The molecule has 2 N–H and O–H groups in total. The van der Waals surface area contributed by atoms with Crippen LogP contribution < -0.4 is 0 Å². The van der Waals surface area contributed by atoms with Crippen LogP contribution in [0.25, 0.3) is 0 Å². The van der Waals surface area contributed by atoms with E-state index in [1.165, 1.54) is 116 Å². The maximum atomic E-state index is 11.5. The summed E-state index contributed by atoms with van der Waals surface area (Å²) in [6.45, 7) is 6.03. The molecular weight excluding hydrogens is 444 g/mol. The summed E-state index contributed by atoms with van der Waals surface area (Å²) in [5.74, 6) is 0.200. The molecule has 0 amide bonds. The first kappa shape index (κ1) is 35.3. The zero-order chi connectivity index (χ0) is 26.7. The van der Waals surface area contributed by atoms with Crippen LogP contribution in [-0.4, -0.2) is 28.2 Å². The largest absolute Gasteiger partial charge is 0.393 e. The topological polar surface area (TPSA) is 57.5 Å². The zero-order valence-corrected chi connectivity index (χ0v) is 24.7. The monoisotopic (exact) mass is 508 g/mol. The van der Waals surface area contributed by atoms with Crippen LogP contribution in [-0.2, 0) is 4.79 Å². The van der Waals surface area contributed by atoms with Gasteiger partial charge in [0.25, 0.3) is 0 Å². The van der Waals surface area contributed by atoms with Crippen molar-refractivity contribution in [3.63, 3.8) is 0 Å². The van der Waals surface area contributed by atoms with Crippen molar-refractivity contribution < 1.29 is 15.0 Å². The van der Waals surface area contributed by atoms with E-state index in [9.17, 15) is 15.0 Å². The van der Waals surface area contributed by atoms with Gasteiger partial charge in [-0.15, -0.1) is 0 Å². The average molecular weight is 509 g/mol. The maximum Gasteiger partial charge on any atom is 0.157 e. The normalized spacial score (nSPS) is 13.8. The molecule has 0 bridgehead atoms. The highest BCUT2D eigenvalue weighted by Crippen LogP contribution is 2.16. The SMILES string of the molecule is CCCCCCCCCCCCCCCCCCCCC[C@@H](O)C[C@H](O)CCC/C=C(\C)C(=O)CC. The van der Waals surface area contributed by atoms with Gasteiger partial charge in [0.05, 0.1) is 12.2 Å². The molecule has 0 rings (SSSR count). The van der Waals surface area contributed by atoms with Crippen LogP contribution in [0.15, 0.2) is 11.6 Å². The quantitative estimate of drug-likeness (QED) is 0.0816. The first-order valence-corrected chi connectivity index (χ1v) is 16.1. The van der Waals surface area contributed by atoms with Gasteiger partial charge < -0.3 is 10.2 Å². The fraction of sp³-hybridized carbons (Fsp3) is 0.909. The van der Waals surface area contributed by atoms with Crippen molar-refractivity contribution in [1.29, 1.82) is 0 Å². The highest BCUT2D eigenvalue weighted by atomic mass is 16.3. The number of hydrogen-bond acceptors (Lipinski definition) is 3. The third kappa shape index (κ3) is 25.0. The number of ketones is 1. The number of rotatable bonds is 28. The fourth-order valence-corrected chi connectivity index (χ4v) is 5.07. The second-order valence-electron chi connectivity index (χ2n) is 11.3. The van der Waals surface area contributed by atoms with Gasteiger partial charge in [0.1, 0.15) is 0 Å². The van der Waals surface area contributed by atoms with Crippen LogP contribution >= 0.6 is 0 Å². The Morgan fingerprint density at radius 1 is 0.583 bits per heavy atom. The Balaban J connectivity index is 3.35. The van der Waals surface area contributed by atoms with Crippen molar-refractivity contribution in [3.8, 4) is 0 Å². The summed E-state index contributed by atoms with van der Waals surface area (Å²) in [4.78, 5) is 11.5. The van der Waals surface area contributed by atoms with Gasteiger partial charge in [0.2, 0.25) is 0 Å². The third-order valence-corrected chi connectivity index (χ3v) is 7.64. The molecular formula is C33H64O3. The van der Waals surface area contributed by atoms with Crippen LogP contribution in [0.1, 0.15) is 181 Å². The number of carbonyl (C=O) groups excluding carboxylic acids is 1. The molecule has 3 heteroatoms. The van der Waals surface area contributed by atoms with E-state index in [2.05, 4.69) is 6.92 Å². The Kier molecular flexibility index (Phi) is 26.9. The van der Waals surface area contributed by atoms with Gasteiger partial charge in [0.15, 0.2) is 5.78 Å². The smallest absolute Gasteiger partial charge is 0.157 e. The molecule has 36 heavy (non-hydrogen) atoms. The van der Waals surface area contributed by atoms with Gasteiger partial charge in [-0.25, -0.2) is 0 Å². The fourth-order valence-electron chi connectivity index (χ4n) is 5.07. The molecule has 0 radical (unpaired) electrons. The van der Waals surface area contributed by atoms with E-state index >= 15 is 0 Å². The highest BCUT2D eigenvalue weighted by Gasteiger charge is 2.11. The van der Waals surface area contributed by atoms with Gasteiger partial charge in [-0.2, -0.15) is 0 Å². The Morgan fingerprint density at radius 2 is 0.944 bits per heavy atom. The van der Waals surface area contributed by atoms with E-state index in [0.717, 1.165) is 31.3 Å². The molecule has 0 spiro atoms. The molecule has 0 aliphatic heterocycles. The van der Waals surface area contributed by atoms with Crippen LogP contribution in [0.4, 0.5) is 0 Å². The molecule has 0 unspecified atom stereocenters. The number of unbranched alkanes of at least 4 members (excludes halogenated alkanes) is 19. The minimum atomic E-state index is -0.434. The van der Waals surface area contributed by atoms with Crippen molar-refractivity contribution >= 4 is 5.78 Å². The summed E-state index contributed by atoms with van der Waals surface area (Å²) in [6.07, 6.45) is 31.5. The molecule has 0 aliphatic rings. The summed E-state index contributed by atoms with van der Waals surface area (Å²) in [5, 5.41) is 20.3. The number of allylic oxidation sites excluding steroid dienone is 2. The highest BCUT2D eigenvalue weighted by molar-refractivity contribution is 5.94. The van der Waals surface area contributed by atoms with Gasteiger partial charge in [-0.05, 0) is 44.6 Å². The van der Waals surface area contributed by atoms with Crippen molar-refractivity contribution in [2.45, 2.75) is 193 Å². The zero-order valence-electron chi connectivity index (χ0n) is 24.7. The lowest BCUT2D eigenvalue weighted by Gasteiger charge is -2.15. The van der Waals surface area contributed by atoms with E-state index < -0.39 is 6.10 Å². The molecule has 0 saturated carbocycles. The first-order valence-electron chi connectivity index (χ1n) is 16.1. The van der Waals surface area contributed by atoms with Gasteiger partial charge in [-0.3, -0.25) is 4.79 Å². The number of aliphatic hydroxyl groups is 2. The summed E-state index contributed by atoms with van der Waals surface area (Å²) < 4.78 is 0. The second kappa shape index (κ2) is 27.4. The molecule has 0 aromatic rings. The predicted octanol–water partition coefficient (Wildman–Crippen LogP) is 10.0. The van der Waals surface area contributed by atoms with Crippen LogP contribution in [0.3, 0.4) is 0 Å². The number of Topliss-reactive ketones (excluding diaryl/α,β-unsaturated/α-hetero) is 1. The standard InChI is InChI=1S/C33H64O3/c1-4-6-7-8-9-10-11-12-13-14-15-16-17-18-19-20-21-22-23-27-31(34)29-32(35)28-25-24-26-30(3)33(36)5-2/h26,31-32,34-35H,4-25,27-29H2,1-3H3/b30-26+/t31-,32-/m1/s1. The van der Waals surface area contributed by atoms with Crippen molar-refractivity contribution in [3.05, 3.63) is 11.6 Å². The Hall–Kier alpha value is -0.670. The lowest BCUT2D eigenvalue weighted by Crippen LogP contribution is -2.17. The van der Waals surface area contributed by atoms with Gasteiger partial charge in [0, 0.05) is 6.42 Å². The summed E-state index contributed by atoms with van der Waals surface area (Å²) in [6, 6.07) is 0. The van der Waals surface area contributed by atoms with E-state index in [1.807, 2.05) is 19.9 Å². The van der Waals surface area contributed by atoms with E-state index in [0.29, 0.717) is 19.3 Å². The third-order valence-electron chi connectivity index (χ3n) is 7.64.